The van der Waals surface area contributed by atoms with Gasteiger partial charge in [0.1, 0.15) is 0 Å². The van der Waals surface area contributed by atoms with E-state index in [1.807, 2.05) is 24.3 Å². The third kappa shape index (κ3) is 3.86. The molecule has 0 radical (unpaired) electrons. The van der Waals surface area contributed by atoms with Gasteiger partial charge in [0.15, 0.2) is 0 Å². The third-order valence-corrected chi connectivity index (χ3v) is 3.15. The molecule has 0 spiro atoms. The minimum atomic E-state index is 0.127. The number of amides is 1. The molecule has 17 heavy (non-hydrogen) atoms. The van der Waals surface area contributed by atoms with Crippen molar-refractivity contribution in [3.05, 3.63) is 35.4 Å². The van der Waals surface area contributed by atoms with Crippen LogP contribution in [0.2, 0.25) is 0 Å². The Morgan fingerprint density at radius 3 is 2.82 bits per heavy atom. The number of hydrogen-bond acceptors (Lipinski definition) is 2. The summed E-state index contributed by atoms with van der Waals surface area (Å²) in [6, 6.07) is 8.44. The van der Waals surface area contributed by atoms with E-state index in [2.05, 4.69) is 17.6 Å². The molecule has 3 nitrogen and oxygen atoms in total. The van der Waals surface area contributed by atoms with Gasteiger partial charge < -0.3 is 10.6 Å². The van der Waals surface area contributed by atoms with Crippen LogP contribution in [0.4, 0.5) is 0 Å². The van der Waals surface area contributed by atoms with Crippen LogP contribution in [0, 0.1) is 6.92 Å². The van der Waals surface area contributed by atoms with E-state index in [0.29, 0.717) is 12.5 Å². The molecule has 1 aliphatic heterocycles. The lowest BCUT2D eigenvalue weighted by molar-refractivity contribution is -0.121. The smallest absolute Gasteiger partial charge is 0.224 e. The first-order valence-electron chi connectivity index (χ1n) is 6.29. The summed E-state index contributed by atoms with van der Waals surface area (Å²) in [4.78, 5) is 11.8. The Balaban J connectivity index is 1.82. The van der Waals surface area contributed by atoms with Gasteiger partial charge in [-0.3, -0.25) is 4.79 Å². The zero-order valence-electron chi connectivity index (χ0n) is 10.3. The molecular formula is C14H20N2O. The maximum atomic E-state index is 11.8. The zero-order chi connectivity index (χ0) is 12.1. The topological polar surface area (TPSA) is 41.1 Å². The number of rotatable bonds is 3. The molecule has 0 saturated carbocycles. The predicted octanol–water partition coefficient (Wildman–Crippen LogP) is 1.41. The molecule has 1 unspecified atom stereocenters. The molecule has 1 aromatic rings. The lowest BCUT2D eigenvalue weighted by Gasteiger charge is -2.23. The van der Waals surface area contributed by atoms with E-state index in [-0.39, 0.29) is 5.91 Å². The highest BCUT2D eigenvalue weighted by Crippen LogP contribution is 2.05. The van der Waals surface area contributed by atoms with Crippen LogP contribution in [-0.2, 0) is 11.2 Å². The maximum Gasteiger partial charge on any atom is 0.224 e. The lowest BCUT2D eigenvalue weighted by Crippen LogP contribution is -2.46. The van der Waals surface area contributed by atoms with Crippen molar-refractivity contribution in [3.63, 3.8) is 0 Å². The molecule has 1 aliphatic rings. The zero-order valence-corrected chi connectivity index (χ0v) is 10.3. The molecule has 1 aromatic carbocycles. The summed E-state index contributed by atoms with van der Waals surface area (Å²) in [7, 11) is 0. The molecular weight excluding hydrogens is 212 g/mol. The molecule has 2 N–H and O–H groups in total. The van der Waals surface area contributed by atoms with E-state index in [0.717, 1.165) is 31.5 Å². The Morgan fingerprint density at radius 1 is 1.41 bits per heavy atom. The predicted molar refractivity (Wildman–Crippen MR) is 68.9 cm³/mol. The highest BCUT2D eigenvalue weighted by atomic mass is 16.1. The molecule has 1 heterocycles. The Bertz CT molecular complexity index is 366. The number of benzene rings is 1. The van der Waals surface area contributed by atoms with Crippen LogP contribution in [0.15, 0.2) is 24.3 Å². The normalized spacial score (nSPS) is 19.9. The monoisotopic (exact) mass is 232 g/mol. The Hall–Kier alpha value is -1.35. The van der Waals surface area contributed by atoms with Gasteiger partial charge in [-0.05, 0) is 31.9 Å². The average Bonchev–Trinajstić information content (AvgIpc) is 2.33. The fraction of sp³-hybridized carbons (Fsp3) is 0.500. The van der Waals surface area contributed by atoms with Crippen LogP contribution in [0.5, 0.6) is 0 Å². The molecule has 0 aromatic heterocycles. The van der Waals surface area contributed by atoms with Crippen molar-refractivity contribution in [2.75, 3.05) is 13.1 Å². The van der Waals surface area contributed by atoms with E-state index in [4.69, 9.17) is 0 Å². The van der Waals surface area contributed by atoms with Gasteiger partial charge in [0.25, 0.3) is 0 Å². The Morgan fingerprint density at radius 2 is 2.18 bits per heavy atom. The van der Waals surface area contributed by atoms with Gasteiger partial charge in [-0.1, -0.05) is 29.8 Å². The minimum absolute atomic E-state index is 0.127. The second kappa shape index (κ2) is 5.82. The standard InChI is InChI=1S/C14H20N2O/c1-11-4-6-12(7-5-11)9-14(17)16-13-3-2-8-15-10-13/h4-7,13,15H,2-3,8-10H2,1H3,(H,16,17). The molecule has 2 rings (SSSR count). The van der Waals surface area contributed by atoms with Crippen LogP contribution < -0.4 is 10.6 Å². The fourth-order valence-electron chi connectivity index (χ4n) is 2.15. The largest absolute Gasteiger partial charge is 0.352 e. The second-order valence-corrected chi connectivity index (χ2v) is 4.77. The third-order valence-electron chi connectivity index (χ3n) is 3.15. The summed E-state index contributed by atoms with van der Waals surface area (Å²) in [5.74, 6) is 0.127. The van der Waals surface area contributed by atoms with Crippen LogP contribution in [0.25, 0.3) is 0 Å². The highest BCUT2D eigenvalue weighted by Gasteiger charge is 2.15. The lowest BCUT2D eigenvalue weighted by atomic mass is 10.1. The minimum Gasteiger partial charge on any atom is -0.352 e. The molecule has 1 amide bonds. The quantitative estimate of drug-likeness (QED) is 0.827. The first kappa shape index (κ1) is 12.1. The number of carbonyl (C=O) groups is 1. The van der Waals surface area contributed by atoms with Crippen molar-refractivity contribution in [1.82, 2.24) is 10.6 Å². The van der Waals surface area contributed by atoms with Gasteiger partial charge in [0.05, 0.1) is 6.42 Å². The summed E-state index contributed by atoms with van der Waals surface area (Å²) in [5.41, 5.74) is 2.31. The van der Waals surface area contributed by atoms with Gasteiger partial charge in [0.2, 0.25) is 5.91 Å². The summed E-state index contributed by atoms with van der Waals surface area (Å²) in [6.45, 7) is 4.03. The van der Waals surface area contributed by atoms with Crippen molar-refractivity contribution in [2.45, 2.75) is 32.2 Å². The van der Waals surface area contributed by atoms with Crippen molar-refractivity contribution in [1.29, 1.82) is 0 Å². The van der Waals surface area contributed by atoms with Crippen LogP contribution in [0.1, 0.15) is 24.0 Å². The molecule has 92 valence electrons. The molecule has 0 bridgehead atoms. The van der Waals surface area contributed by atoms with E-state index in [9.17, 15) is 4.79 Å². The molecule has 1 atom stereocenters. The summed E-state index contributed by atoms with van der Waals surface area (Å²) < 4.78 is 0. The first-order chi connectivity index (χ1) is 8.24. The van der Waals surface area contributed by atoms with Gasteiger partial charge in [-0.25, -0.2) is 0 Å². The van der Waals surface area contributed by atoms with Gasteiger partial charge in [0, 0.05) is 12.6 Å². The number of piperidine rings is 1. The number of hydrogen-bond donors (Lipinski definition) is 2. The summed E-state index contributed by atoms with van der Waals surface area (Å²) >= 11 is 0. The maximum absolute atomic E-state index is 11.8. The van der Waals surface area contributed by atoms with Crippen molar-refractivity contribution < 1.29 is 4.79 Å². The van der Waals surface area contributed by atoms with Crippen LogP contribution >= 0.6 is 0 Å². The van der Waals surface area contributed by atoms with Crippen molar-refractivity contribution in [2.24, 2.45) is 0 Å². The van der Waals surface area contributed by atoms with E-state index in [1.165, 1.54) is 5.56 Å². The van der Waals surface area contributed by atoms with E-state index >= 15 is 0 Å². The Labute approximate surface area is 103 Å². The number of carbonyl (C=O) groups excluding carboxylic acids is 1. The van der Waals surface area contributed by atoms with Gasteiger partial charge in [-0.15, -0.1) is 0 Å². The fourth-order valence-corrected chi connectivity index (χ4v) is 2.15. The highest BCUT2D eigenvalue weighted by molar-refractivity contribution is 5.78. The summed E-state index contributed by atoms with van der Waals surface area (Å²) in [6.07, 6.45) is 2.72. The average molecular weight is 232 g/mol. The van der Waals surface area contributed by atoms with E-state index in [1.54, 1.807) is 0 Å². The SMILES string of the molecule is Cc1ccc(CC(=O)NC2CCCNC2)cc1. The molecule has 1 saturated heterocycles. The molecule has 3 heteroatoms. The van der Waals surface area contributed by atoms with E-state index < -0.39 is 0 Å². The van der Waals surface area contributed by atoms with Crippen LogP contribution in [0.3, 0.4) is 0 Å². The Kier molecular flexibility index (Phi) is 4.15. The van der Waals surface area contributed by atoms with Crippen molar-refractivity contribution >= 4 is 5.91 Å². The molecule has 1 fully saturated rings. The summed E-state index contributed by atoms with van der Waals surface area (Å²) in [5, 5.41) is 6.38. The van der Waals surface area contributed by atoms with Gasteiger partial charge in [-0.2, -0.15) is 0 Å². The van der Waals surface area contributed by atoms with Crippen LogP contribution in [-0.4, -0.2) is 25.0 Å². The van der Waals surface area contributed by atoms with Crippen molar-refractivity contribution in [3.8, 4) is 0 Å². The second-order valence-electron chi connectivity index (χ2n) is 4.77. The van der Waals surface area contributed by atoms with Gasteiger partial charge >= 0.3 is 0 Å². The number of nitrogens with one attached hydrogen (secondary N) is 2. The first-order valence-corrected chi connectivity index (χ1v) is 6.29. The molecule has 0 aliphatic carbocycles. The number of aryl methyl sites for hydroxylation is 1.